The van der Waals surface area contributed by atoms with Gasteiger partial charge >= 0.3 is 0 Å². The Morgan fingerprint density at radius 3 is 2.40 bits per heavy atom. The number of sulfonamides is 2. The number of hydrogen-bond donors (Lipinski definition) is 2. The van der Waals surface area contributed by atoms with Crippen molar-refractivity contribution in [2.24, 2.45) is 5.14 Å². The Bertz CT molecular complexity index is 1010. The highest BCUT2D eigenvalue weighted by Crippen LogP contribution is 2.26. The van der Waals surface area contributed by atoms with Gasteiger partial charge in [0.25, 0.3) is 0 Å². The molecule has 0 unspecified atom stereocenters. The van der Waals surface area contributed by atoms with Crippen molar-refractivity contribution in [3.8, 4) is 0 Å². The van der Waals surface area contributed by atoms with Crippen LogP contribution in [0, 0.1) is 0 Å². The van der Waals surface area contributed by atoms with Crippen LogP contribution in [0.4, 0.5) is 0 Å². The highest BCUT2D eigenvalue weighted by molar-refractivity contribution is 7.89. The molecule has 0 radical (unpaired) electrons. The molecule has 2 aromatic carbocycles. The summed E-state index contributed by atoms with van der Waals surface area (Å²) < 4.78 is 50.8. The molecule has 25 heavy (non-hydrogen) atoms. The summed E-state index contributed by atoms with van der Waals surface area (Å²) in [6.07, 6.45) is 2.92. The second kappa shape index (κ2) is 6.53. The summed E-state index contributed by atoms with van der Waals surface area (Å²) in [7, 11) is -7.55. The first kappa shape index (κ1) is 18.1. The SMILES string of the molecule is C[C@H](NS(=O)(=O)c1ccc2c(c1)CCC2)c1cccc(S(N)(=O)=O)c1. The van der Waals surface area contributed by atoms with Gasteiger partial charge < -0.3 is 0 Å². The van der Waals surface area contributed by atoms with Crippen LogP contribution < -0.4 is 9.86 Å². The van der Waals surface area contributed by atoms with E-state index in [4.69, 9.17) is 5.14 Å². The predicted octanol–water partition coefficient (Wildman–Crippen LogP) is 1.86. The van der Waals surface area contributed by atoms with E-state index in [0.29, 0.717) is 5.56 Å². The van der Waals surface area contributed by atoms with Crippen LogP contribution in [0.3, 0.4) is 0 Å². The fourth-order valence-electron chi connectivity index (χ4n) is 3.05. The van der Waals surface area contributed by atoms with E-state index in [0.717, 1.165) is 24.8 Å². The number of hydrogen-bond acceptors (Lipinski definition) is 4. The van der Waals surface area contributed by atoms with Gasteiger partial charge in [0.05, 0.1) is 9.79 Å². The molecule has 0 saturated heterocycles. The van der Waals surface area contributed by atoms with Crippen molar-refractivity contribution in [2.75, 3.05) is 0 Å². The number of nitrogens with one attached hydrogen (secondary N) is 1. The maximum atomic E-state index is 12.6. The first-order valence-corrected chi connectivity index (χ1v) is 11.0. The molecular weight excluding hydrogens is 360 g/mol. The summed E-state index contributed by atoms with van der Waals surface area (Å²) in [5, 5.41) is 5.13. The summed E-state index contributed by atoms with van der Waals surface area (Å²) in [6, 6.07) is 10.5. The summed E-state index contributed by atoms with van der Waals surface area (Å²) in [4.78, 5) is 0.177. The lowest BCUT2D eigenvalue weighted by atomic mass is 10.1. The molecule has 0 heterocycles. The third-order valence-electron chi connectivity index (χ3n) is 4.40. The topological polar surface area (TPSA) is 106 Å². The predicted molar refractivity (Wildman–Crippen MR) is 95.0 cm³/mol. The third kappa shape index (κ3) is 3.92. The molecule has 0 saturated carbocycles. The van der Waals surface area contributed by atoms with E-state index in [2.05, 4.69) is 4.72 Å². The Balaban J connectivity index is 1.86. The Morgan fingerprint density at radius 2 is 1.68 bits per heavy atom. The van der Waals surface area contributed by atoms with Crippen LogP contribution in [0.1, 0.15) is 36.1 Å². The lowest BCUT2D eigenvalue weighted by molar-refractivity contribution is 0.566. The molecule has 1 aliphatic carbocycles. The van der Waals surface area contributed by atoms with Gasteiger partial charge in [0.2, 0.25) is 20.0 Å². The van der Waals surface area contributed by atoms with Gasteiger partial charge in [0, 0.05) is 6.04 Å². The van der Waals surface area contributed by atoms with Gasteiger partial charge in [-0.3, -0.25) is 0 Å². The molecule has 1 atom stereocenters. The van der Waals surface area contributed by atoms with E-state index in [9.17, 15) is 16.8 Å². The highest BCUT2D eigenvalue weighted by Gasteiger charge is 2.21. The molecule has 0 bridgehead atoms. The van der Waals surface area contributed by atoms with Crippen molar-refractivity contribution in [1.29, 1.82) is 0 Å². The molecule has 134 valence electrons. The Morgan fingerprint density at radius 1 is 0.960 bits per heavy atom. The summed E-state index contributed by atoms with van der Waals surface area (Å²) in [5.74, 6) is 0. The maximum Gasteiger partial charge on any atom is 0.241 e. The van der Waals surface area contributed by atoms with Crippen LogP contribution in [-0.2, 0) is 32.9 Å². The zero-order valence-electron chi connectivity index (χ0n) is 13.8. The number of benzene rings is 2. The van der Waals surface area contributed by atoms with Gasteiger partial charge in [-0.05, 0) is 67.1 Å². The molecule has 0 fully saturated rings. The highest BCUT2D eigenvalue weighted by atomic mass is 32.2. The van der Waals surface area contributed by atoms with E-state index < -0.39 is 26.1 Å². The van der Waals surface area contributed by atoms with Crippen LogP contribution in [0.2, 0.25) is 0 Å². The average molecular weight is 380 g/mol. The number of aryl methyl sites for hydroxylation is 2. The number of nitrogens with two attached hydrogens (primary N) is 1. The van der Waals surface area contributed by atoms with Crippen molar-refractivity contribution in [1.82, 2.24) is 4.72 Å². The van der Waals surface area contributed by atoms with Crippen molar-refractivity contribution < 1.29 is 16.8 Å². The van der Waals surface area contributed by atoms with E-state index in [1.807, 2.05) is 6.07 Å². The van der Waals surface area contributed by atoms with E-state index >= 15 is 0 Å². The van der Waals surface area contributed by atoms with Crippen LogP contribution >= 0.6 is 0 Å². The Labute approximate surface area is 148 Å². The lowest BCUT2D eigenvalue weighted by Crippen LogP contribution is -2.27. The molecule has 0 amide bonds. The molecule has 2 aromatic rings. The zero-order valence-corrected chi connectivity index (χ0v) is 15.4. The molecule has 0 spiro atoms. The standard InChI is InChI=1S/C17H20N2O4S2/c1-12(14-5-3-7-16(10-14)24(18,20)21)19-25(22,23)17-9-8-13-4-2-6-15(13)11-17/h3,5,7-12,19H,2,4,6H2,1H3,(H2,18,20,21)/t12-/m0/s1. The second-order valence-corrected chi connectivity index (χ2v) is 9.52. The molecule has 0 aliphatic heterocycles. The second-order valence-electron chi connectivity index (χ2n) is 6.24. The van der Waals surface area contributed by atoms with Crippen molar-refractivity contribution in [3.05, 3.63) is 59.2 Å². The van der Waals surface area contributed by atoms with Crippen molar-refractivity contribution in [2.45, 2.75) is 42.0 Å². The molecular formula is C17H20N2O4S2. The number of primary sulfonamides is 1. The van der Waals surface area contributed by atoms with Crippen LogP contribution in [-0.4, -0.2) is 16.8 Å². The van der Waals surface area contributed by atoms with E-state index in [-0.39, 0.29) is 9.79 Å². The zero-order chi connectivity index (χ0) is 18.2. The van der Waals surface area contributed by atoms with Gasteiger partial charge in [0.15, 0.2) is 0 Å². The minimum Gasteiger partial charge on any atom is -0.225 e. The molecule has 6 nitrogen and oxygen atoms in total. The Kier molecular flexibility index (Phi) is 4.72. The molecule has 3 rings (SSSR count). The lowest BCUT2D eigenvalue weighted by Gasteiger charge is -2.16. The van der Waals surface area contributed by atoms with Crippen LogP contribution in [0.5, 0.6) is 0 Å². The summed E-state index contributed by atoms with van der Waals surface area (Å²) >= 11 is 0. The van der Waals surface area contributed by atoms with E-state index in [1.54, 1.807) is 25.1 Å². The largest absolute Gasteiger partial charge is 0.241 e. The fraction of sp³-hybridized carbons (Fsp3) is 0.294. The van der Waals surface area contributed by atoms with Gasteiger partial charge in [-0.15, -0.1) is 0 Å². The Hall–Kier alpha value is -1.74. The molecule has 8 heteroatoms. The minimum absolute atomic E-state index is 0.0476. The molecule has 3 N–H and O–H groups in total. The maximum absolute atomic E-state index is 12.6. The minimum atomic E-state index is -3.84. The van der Waals surface area contributed by atoms with Gasteiger partial charge in [-0.2, -0.15) is 0 Å². The van der Waals surface area contributed by atoms with Crippen molar-refractivity contribution in [3.63, 3.8) is 0 Å². The van der Waals surface area contributed by atoms with Crippen molar-refractivity contribution >= 4 is 20.0 Å². The quantitative estimate of drug-likeness (QED) is 0.826. The molecule has 1 aliphatic rings. The monoisotopic (exact) mass is 380 g/mol. The molecule has 0 aromatic heterocycles. The van der Waals surface area contributed by atoms with Crippen LogP contribution in [0.15, 0.2) is 52.3 Å². The van der Waals surface area contributed by atoms with Crippen LogP contribution in [0.25, 0.3) is 0 Å². The van der Waals surface area contributed by atoms with Gasteiger partial charge in [0.1, 0.15) is 0 Å². The van der Waals surface area contributed by atoms with Gasteiger partial charge in [-0.25, -0.2) is 26.7 Å². The first-order valence-electron chi connectivity index (χ1n) is 7.94. The fourth-order valence-corrected chi connectivity index (χ4v) is 4.90. The number of fused-ring (bicyclic) bond motifs is 1. The smallest absolute Gasteiger partial charge is 0.225 e. The third-order valence-corrected chi connectivity index (χ3v) is 6.85. The van der Waals surface area contributed by atoms with E-state index in [1.165, 1.54) is 23.8 Å². The normalized spacial score (nSPS) is 15.8. The first-order chi connectivity index (χ1) is 11.7. The summed E-state index contributed by atoms with van der Waals surface area (Å²) in [6.45, 7) is 1.66. The average Bonchev–Trinajstić information content (AvgIpc) is 3.01. The summed E-state index contributed by atoms with van der Waals surface area (Å²) in [5.41, 5.74) is 2.80. The van der Waals surface area contributed by atoms with Gasteiger partial charge in [-0.1, -0.05) is 18.2 Å². The number of rotatable bonds is 5.